The summed E-state index contributed by atoms with van der Waals surface area (Å²) < 4.78 is 13.0. The van der Waals surface area contributed by atoms with Crippen LogP contribution >= 0.6 is 0 Å². The largest absolute Gasteiger partial charge is 0.456 e. The van der Waals surface area contributed by atoms with E-state index in [2.05, 4.69) is 170 Å². The predicted molar refractivity (Wildman–Crippen MR) is 285 cm³/mol. The Labute approximate surface area is 401 Å². The number of hydrogen-bond donors (Lipinski definition) is 0. The minimum absolute atomic E-state index is 0.597. The molecule has 0 unspecified atom stereocenters. The summed E-state index contributed by atoms with van der Waals surface area (Å²) in [6.07, 6.45) is 0. The first-order chi connectivity index (χ1) is 34.7. The Morgan fingerprint density at radius 3 is 1.50 bits per heavy atom. The highest BCUT2D eigenvalue weighted by Gasteiger charge is 2.22. The molecular formula is C64H38N4O2. The molecule has 4 heterocycles. The van der Waals surface area contributed by atoms with Crippen molar-refractivity contribution in [1.82, 2.24) is 19.9 Å². The minimum Gasteiger partial charge on any atom is -0.456 e. The van der Waals surface area contributed by atoms with Crippen molar-refractivity contribution in [1.29, 1.82) is 0 Å². The summed E-state index contributed by atoms with van der Waals surface area (Å²) in [5, 5.41) is 7.66. The molecule has 0 amide bonds. The molecular weight excluding hydrogens is 857 g/mol. The molecule has 0 aliphatic heterocycles. The number of aromatic nitrogens is 4. The number of hydrogen-bond acceptors (Lipinski definition) is 6. The van der Waals surface area contributed by atoms with E-state index in [-0.39, 0.29) is 0 Å². The second-order valence-electron chi connectivity index (χ2n) is 17.7. The molecule has 0 fully saturated rings. The van der Waals surface area contributed by atoms with Gasteiger partial charge >= 0.3 is 0 Å². The maximum Gasteiger partial charge on any atom is 0.164 e. The molecule has 0 saturated heterocycles. The van der Waals surface area contributed by atoms with Gasteiger partial charge < -0.3 is 8.83 Å². The maximum atomic E-state index is 6.67. The molecule has 326 valence electrons. The standard InChI is InChI=1S/C64H38N4O2/c1-3-15-41(16-4-1)60-52-38-56-59(51-23-9-12-28-55(51)69-56)57(58(52)50-22-7-10-26-53(50)65-60)46-20-13-19-45(37-46)39-29-33-43(34-30-39)63-66-62(42-17-5-2-6-18-42)67-64(68-63)44-35-31-40(32-36-44)47-24-14-25-49-48-21-8-11-27-54(48)70-61(47)49/h1-38H. The summed E-state index contributed by atoms with van der Waals surface area (Å²) in [6.45, 7) is 0. The van der Waals surface area contributed by atoms with Gasteiger partial charge in [-0.1, -0.05) is 200 Å². The van der Waals surface area contributed by atoms with Crippen LogP contribution in [0.15, 0.2) is 239 Å². The van der Waals surface area contributed by atoms with Crippen LogP contribution in [0.5, 0.6) is 0 Å². The van der Waals surface area contributed by atoms with Crippen LogP contribution in [-0.2, 0) is 0 Å². The summed E-state index contributed by atoms with van der Waals surface area (Å²) in [5.41, 5.74) is 15.5. The summed E-state index contributed by atoms with van der Waals surface area (Å²) in [7, 11) is 0. The van der Waals surface area contributed by atoms with Crippen molar-refractivity contribution in [2.75, 3.05) is 0 Å². The van der Waals surface area contributed by atoms with Gasteiger partial charge in [0.1, 0.15) is 22.3 Å². The van der Waals surface area contributed by atoms with Gasteiger partial charge in [-0.2, -0.15) is 0 Å². The minimum atomic E-state index is 0.597. The Morgan fingerprint density at radius 1 is 0.271 bits per heavy atom. The number of furan rings is 2. The Morgan fingerprint density at radius 2 is 0.786 bits per heavy atom. The lowest BCUT2D eigenvalue weighted by Gasteiger charge is -2.16. The molecule has 14 aromatic rings. The third-order valence-electron chi connectivity index (χ3n) is 13.5. The molecule has 6 nitrogen and oxygen atoms in total. The number of para-hydroxylation sites is 4. The van der Waals surface area contributed by atoms with Crippen LogP contribution in [0.25, 0.3) is 144 Å². The highest BCUT2D eigenvalue weighted by molar-refractivity contribution is 6.28. The first-order valence-electron chi connectivity index (χ1n) is 23.4. The van der Waals surface area contributed by atoms with Gasteiger partial charge in [0.2, 0.25) is 0 Å². The van der Waals surface area contributed by atoms with Crippen molar-refractivity contribution in [3.63, 3.8) is 0 Å². The van der Waals surface area contributed by atoms with Gasteiger partial charge in [0, 0.05) is 71.1 Å². The van der Waals surface area contributed by atoms with Crippen LogP contribution < -0.4 is 0 Å². The van der Waals surface area contributed by atoms with Gasteiger partial charge in [-0.3, -0.25) is 0 Å². The van der Waals surface area contributed by atoms with Gasteiger partial charge in [0.05, 0.1) is 11.2 Å². The van der Waals surface area contributed by atoms with E-state index in [1.807, 2.05) is 60.7 Å². The molecule has 0 atom stereocenters. The second-order valence-corrected chi connectivity index (χ2v) is 17.7. The van der Waals surface area contributed by atoms with Crippen LogP contribution in [0, 0.1) is 0 Å². The highest BCUT2D eigenvalue weighted by atomic mass is 16.3. The van der Waals surface area contributed by atoms with Crippen molar-refractivity contribution in [3.8, 4) is 78.8 Å². The third kappa shape index (κ3) is 6.57. The normalized spacial score (nSPS) is 11.7. The van der Waals surface area contributed by atoms with Crippen LogP contribution in [0.3, 0.4) is 0 Å². The van der Waals surface area contributed by atoms with E-state index in [1.54, 1.807) is 0 Å². The Kier molecular flexibility index (Phi) is 9.10. The molecule has 0 spiro atoms. The van der Waals surface area contributed by atoms with E-state index in [9.17, 15) is 0 Å². The molecule has 14 rings (SSSR count). The van der Waals surface area contributed by atoms with Crippen LogP contribution in [-0.4, -0.2) is 19.9 Å². The number of benzene rings is 10. The monoisotopic (exact) mass is 894 g/mol. The number of nitrogens with zero attached hydrogens (tertiary/aromatic N) is 4. The molecule has 0 N–H and O–H groups in total. The smallest absolute Gasteiger partial charge is 0.164 e. The quantitative estimate of drug-likeness (QED) is 0.148. The van der Waals surface area contributed by atoms with Gasteiger partial charge in [-0.15, -0.1) is 0 Å². The fourth-order valence-corrected chi connectivity index (χ4v) is 10.2. The van der Waals surface area contributed by atoms with E-state index in [4.69, 9.17) is 28.8 Å². The maximum absolute atomic E-state index is 6.67. The van der Waals surface area contributed by atoms with Gasteiger partial charge in [0.15, 0.2) is 17.5 Å². The molecule has 0 aliphatic rings. The van der Waals surface area contributed by atoms with E-state index in [1.165, 1.54) is 0 Å². The third-order valence-corrected chi connectivity index (χ3v) is 13.5. The first kappa shape index (κ1) is 39.6. The average Bonchev–Trinajstić information content (AvgIpc) is 4.01. The lowest BCUT2D eigenvalue weighted by molar-refractivity contribution is 0.669. The topological polar surface area (TPSA) is 77.8 Å². The highest BCUT2D eigenvalue weighted by Crippen LogP contribution is 2.47. The zero-order chi connectivity index (χ0) is 46.1. The van der Waals surface area contributed by atoms with Crippen LogP contribution in [0.1, 0.15) is 0 Å². The molecule has 0 saturated carbocycles. The Bertz CT molecular complexity index is 4330. The molecule has 10 aromatic carbocycles. The fourth-order valence-electron chi connectivity index (χ4n) is 10.2. The second kappa shape index (κ2) is 16.1. The predicted octanol–water partition coefficient (Wildman–Crippen LogP) is 17.0. The first-order valence-corrected chi connectivity index (χ1v) is 23.4. The Hall–Kier alpha value is -9.52. The van der Waals surface area contributed by atoms with Crippen molar-refractivity contribution < 1.29 is 8.83 Å². The lowest BCUT2D eigenvalue weighted by atomic mass is 9.88. The van der Waals surface area contributed by atoms with E-state index in [0.717, 1.165) is 127 Å². The van der Waals surface area contributed by atoms with E-state index in [0.29, 0.717) is 17.5 Å². The van der Waals surface area contributed by atoms with Crippen molar-refractivity contribution in [2.45, 2.75) is 0 Å². The zero-order valence-electron chi connectivity index (χ0n) is 37.5. The van der Waals surface area contributed by atoms with E-state index >= 15 is 0 Å². The molecule has 0 radical (unpaired) electrons. The lowest BCUT2D eigenvalue weighted by Crippen LogP contribution is -2.00. The van der Waals surface area contributed by atoms with Crippen molar-refractivity contribution in [3.05, 3.63) is 231 Å². The Balaban J connectivity index is 0.872. The van der Waals surface area contributed by atoms with Crippen LogP contribution in [0.4, 0.5) is 0 Å². The average molecular weight is 895 g/mol. The summed E-state index contributed by atoms with van der Waals surface area (Å²) in [5.74, 6) is 1.81. The van der Waals surface area contributed by atoms with Gasteiger partial charge in [-0.25, -0.2) is 19.9 Å². The van der Waals surface area contributed by atoms with Crippen LogP contribution in [0.2, 0.25) is 0 Å². The van der Waals surface area contributed by atoms with E-state index < -0.39 is 0 Å². The summed E-state index contributed by atoms with van der Waals surface area (Å²) >= 11 is 0. The number of pyridine rings is 1. The zero-order valence-corrected chi connectivity index (χ0v) is 37.5. The SMILES string of the molecule is c1ccc(-c2nc(-c3ccc(-c4cccc(-c5c6c(cc7c(-c8ccccc8)nc8ccccc8c57)oc5ccccc56)c4)cc3)nc(-c3ccc(-c4cccc5c4oc4ccccc45)cc3)n2)cc1. The molecule has 70 heavy (non-hydrogen) atoms. The molecule has 6 heteroatoms. The summed E-state index contributed by atoms with van der Waals surface area (Å²) in [6, 6.07) is 79.8. The number of fused-ring (bicyclic) bond motifs is 9. The molecule has 0 bridgehead atoms. The fraction of sp³-hybridized carbons (Fsp3) is 0. The summed E-state index contributed by atoms with van der Waals surface area (Å²) in [4.78, 5) is 20.5. The number of rotatable bonds is 7. The van der Waals surface area contributed by atoms with Crippen molar-refractivity contribution in [2.24, 2.45) is 0 Å². The van der Waals surface area contributed by atoms with Crippen molar-refractivity contribution >= 4 is 65.6 Å². The molecule has 4 aromatic heterocycles. The van der Waals surface area contributed by atoms with Gasteiger partial charge in [0.25, 0.3) is 0 Å². The molecule has 0 aliphatic carbocycles. The van der Waals surface area contributed by atoms with Gasteiger partial charge in [-0.05, 0) is 52.6 Å².